The molecule has 0 radical (unpaired) electrons. The summed E-state index contributed by atoms with van der Waals surface area (Å²) in [5, 5.41) is 10.7. The maximum atomic E-state index is 11.9. The summed E-state index contributed by atoms with van der Waals surface area (Å²) >= 11 is 0. The van der Waals surface area contributed by atoms with E-state index in [0.717, 1.165) is 5.56 Å². The predicted octanol–water partition coefficient (Wildman–Crippen LogP) is 2.20. The van der Waals surface area contributed by atoms with Crippen molar-refractivity contribution >= 4 is 10.9 Å². The number of hydrogen-bond donors (Lipinski definition) is 2. The molecular formula is C16H14N2O2. The van der Waals surface area contributed by atoms with Gasteiger partial charge in [-0.25, -0.2) is 4.98 Å². The lowest BCUT2D eigenvalue weighted by Gasteiger charge is -2.10. The summed E-state index contributed by atoms with van der Waals surface area (Å²) in [4.78, 5) is 19.1. The second kappa shape index (κ2) is 5.27. The molecule has 1 aromatic heterocycles. The first-order valence-corrected chi connectivity index (χ1v) is 6.45. The molecule has 4 nitrogen and oxygen atoms in total. The van der Waals surface area contributed by atoms with E-state index in [1.54, 1.807) is 18.2 Å². The smallest absolute Gasteiger partial charge is 0.258 e. The highest BCUT2D eigenvalue weighted by Gasteiger charge is 2.11. The maximum Gasteiger partial charge on any atom is 0.258 e. The Hall–Kier alpha value is -2.46. The van der Waals surface area contributed by atoms with E-state index in [2.05, 4.69) is 9.97 Å². The molecule has 0 aliphatic heterocycles. The van der Waals surface area contributed by atoms with Crippen molar-refractivity contribution in [3.05, 3.63) is 76.3 Å². The Bertz CT molecular complexity index is 781. The third-order valence-electron chi connectivity index (χ3n) is 3.23. The van der Waals surface area contributed by atoms with Gasteiger partial charge < -0.3 is 10.1 Å². The minimum absolute atomic E-state index is 0.175. The maximum absolute atomic E-state index is 11.9. The number of nitrogens with one attached hydrogen (secondary N) is 1. The van der Waals surface area contributed by atoms with Crippen LogP contribution in [0.15, 0.2) is 59.4 Å². The van der Waals surface area contributed by atoms with Crippen molar-refractivity contribution in [2.75, 3.05) is 0 Å². The number of fused-ring (bicyclic) bond motifs is 1. The lowest BCUT2D eigenvalue weighted by Crippen LogP contribution is -2.14. The Labute approximate surface area is 115 Å². The van der Waals surface area contributed by atoms with Crippen LogP contribution in [-0.4, -0.2) is 15.1 Å². The summed E-state index contributed by atoms with van der Waals surface area (Å²) < 4.78 is 0. The lowest BCUT2D eigenvalue weighted by molar-refractivity contribution is 0.176. The van der Waals surface area contributed by atoms with Gasteiger partial charge in [0.1, 0.15) is 5.82 Å². The van der Waals surface area contributed by atoms with E-state index in [0.29, 0.717) is 16.7 Å². The molecule has 3 aromatic rings. The number of hydrogen-bond acceptors (Lipinski definition) is 3. The van der Waals surface area contributed by atoms with E-state index in [1.165, 1.54) is 0 Å². The Kier molecular flexibility index (Phi) is 3.31. The second-order valence-corrected chi connectivity index (χ2v) is 4.66. The van der Waals surface area contributed by atoms with Gasteiger partial charge in [0.2, 0.25) is 0 Å². The van der Waals surface area contributed by atoms with Crippen molar-refractivity contribution in [1.29, 1.82) is 0 Å². The zero-order chi connectivity index (χ0) is 13.9. The standard InChI is InChI=1S/C16H14N2O2/c19-14(11-6-2-1-3-7-11)10-15-17-13-9-5-4-8-12(13)16(20)18-15/h1-9,14,19H,10H2,(H,17,18,20). The van der Waals surface area contributed by atoms with Crippen LogP contribution in [-0.2, 0) is 6.42 Å². The third kappa shape index (κ3) is 2.46. The first-order chi connectivity index (χ1) is 9.74. The molecule has 0 amide bonds. The number of aromatic nitrogens is 2. The van der Waals surface area contributed by atoms with E-state index < -0.39 is 6.10 Å². The van der Waals surface area contributed by atoms with Crippen molar-refractivity contribution in [3.8, 4) is 0 Å². The van der Waals surface area contributed by atoms with Gasteiger partial charge in [0.25, 0.3) is 5.56 Å². The molecular weight excluding hydrogens is 252 g/mol. The highest BCUT2D eigenvalue weighted by molar-refractivity contribution is 5.77. The normalized spacial score (nSPS) is 12.4. The van der Waals surface area contributed by atoms with Crippen LogP contribution in [0.4, 0.5) is 0 Å². The zero-order valence-electron chi connectivity index (χ0n) is 10.8. The van der Waals surface area contributed by atoms with Gasteiger partial charge in [-0.15, -0.1) is 0 Å². The van der Waals surface area contributed by atoms with Crippen LogP contribution in [0.1, 0.15) is 17.5 Å². The zero-order valence-corrected chi connectivity index (χ0v) is 10.8. The van der Waals surface area contributed by atoms with E-state index >= 15 is 0 Å². The molecule has 0 aliphatic rings. The van der Waals surface area contributed by atoms with Crippen molar-refractivity contribution < 1.29 is 5.11 Å². The van der Waals surface area contributed by atoms with Crippen LogP contribution in [0.3, 0.4) is 0 Å². The van der Waals surface area contributed by atoms with Crippen LogP contribution in [0.25, 0.3) is 10.9 Å². The molecule has 0 aliphatic carbocycles. The number of aliphatic hydroxyl groups excluding tert-OH is 1. The number of aliphatic hydroxyl groups is 1. The number of benzene rings is 2. The summed E-state index contributed by atoms with van der Waals surface area (Å²) in [5.41, 5.74) is 1.28. The quantitative estimate of drug-likeness (QED) is 0.763. The summed E-state index contributed by atoms with van der Waals surface area (Å²) in [6.45, 7) is 0. The van der Waals surface area contributed by atoms with Gasteiger partial charge in [-0.2, -0.15) is 0 Å². The SMILES string of the molecule is O=c1[nH]c(CC(O)c2ccccc2)nc2ccccc12. The molecule has 1 atom stereocenters. The molecule has 4 heteroatoms. The molecule has 0 fully saturated rings. The van der Waals surface area contributed by atoms with Crippen LogP contribution >= 0.6 is 0 Å². The molecule has 0 spiro atoms. The van der Waals surface area contributed by atoms with E-state index in [1.807, 2.05) is 36.4 Å². The molecule has 3 rings (SSSR count). The van der Waals surface area contributed by atoms with Gasteiger partial charge in [0.15, 0.2) is 0 Å². The first kappa shape index (κ1) is 12.6. The minimum atomic E-state index is -0.680. The van der Waals surface area contributed by atoms with E-state index in [9.17, 15) is 9.90 Å². The monoisotopic (exact) mass is 266 g/mol. The molecule has 2 aromatic carbocycles. The fourth-order valence-corrected chi connectivity index (χ4v) is 2.21. The highest BCUT2D eigenvalue weighted by atomic mass is 16.3. The van der Waals surface area contributed by atoms with Gasteiger partial charge in [0.05, 0.1) is 17.0 Å². The molecule has 0 saturated carbocycles. The van der Waals surface area contributed by atoms with Gasteiger partial charge in [0, 0.05) is 6.42 Å². The molecule has 20 heavy (non-hydrogen) atoms. The molecule has 1 unspecified atom stereocenters. The number of nitrogens with zero attached hydrogens (tertiary/aromatic N) is 1. The number of rotatable bonds is 3. The molecule has 0 saturated heterocycles. The van der Waals surface area contributed by atoms with E-state index in [-0.39, 0.29) is 12.0 Å². The summed E-state index contributed by atoms with van der Waals surface area (Å²) in [6, 6.07) is 16.5. The third-order valence-corrected chi connectivity index (χ3v) is 3.23. The summed E-state index contributed by atoms with van der Waals surface area (Å²) in [6.07, 6.45) is -0.398. The van der Waals surface area contributed by atoms with E-state index in [4.69, 9.17) is 0 Å². The largest absolute Gasteiger partial charge is 0.388 e. The van der Waals surface area contributed by atoms with Crippen LogP contribution < -0.4 is 5.56 Å². The predicted molar refractivity (Wildman–Crippen MR) is 77.5 cm³/mol. The summed E-state index contributed by atoms with van der Waals surface area (Å²) in [5.74, 6) is 0.491. The number of aromatic amines is 1. The molecule has 2 N–H and O–H groups in total. The van der Waals surface area contributed by atoms with Gasteiger partial charge in [-0.3, -0.25) is 4.79 Å². The fraction of sp³-hybridized carbons (Fsp3) is 0.125. The lowest BCUT2D eigenvalue weighted by atomic mass is 10.1. The molecule has 100 valence electrons. The second-order valence-electron chi connectivity index (χ2n) is 4.66. The minimum Gasteiger partial charge on any atom is -0.388 e. The van der Waals surface area contributed by atoms with Crippen molar-refractivity contribution in [1.82, 2.24) is 9.97 Å². The Morgan fingerprint density at radius 3 is 2.55 bits per heavy atom. The van der Waals surface area contributed by atoms with Crippen LogP contribution in [0.5, 0.6) is 0 Å². The van der Waals surface area contributed by atoms with Crippen LogP contribution in [0, 0.1) is 0 Å². The van der Waals surface area contributed by atoms with Gasteiger partial charge in [-0.05, 0) is 17.7 Å². The Morgan fingerprint density at radius 2 is 1.75 bits per heavy atom. The topological polar surface area (TPSA) is 66.0 Å². The van der Waals surface area contributed by atoms with Gasteiger partial charge in [-0.1, -0.05) is 42.5 Å². The van der Waals surface area contributed by atoms with Crippen molar-refractivity contribution in [3.63, 3.8) is 0 Å². The van der Waals surface area contributed by atoms with Crippen molar-refractivity contribution in [2.24, 2.45) is 0 Å². The summed E-state index contributed by atoms with van der Waals surface area (Å²) in [7, 11) is 0. The first-order valence-electron chi connectivity index (χ1n) is 6.45. The van der Waals surface area contributed by atoms with Crippen molar-refractivity contribution in [2.45, 2.75) is 12.5 Å². The Morgan fingerprint density at radius 1 is 1.05 bits per heavy atom. The van der Waals surface area contributed by atoms with Gasteiger partial charge >= 0.3 is 0 Å². The Balaban J connectivity index is 1.93. The average Bonchev–Trinajstić information content (AvgIpc) is 2.48. The average molecular weight is 266 g/mol. The van der Waals surface area contributed by atoms with Crippen LogP contribution in [0.2, 0.25) is 0 Å². The molecule has 0 bridgehead atoms. The molecule has 1 heterocycles. The number of H-pyrrole nitrogens is 1. The fourth-order valence-electron chi connectivity index (χ4n) is 2.21. The number of para-hydroxylation sites is 1. The highest BCUT2D eigenvalue weighted by Crippen LogP contribution is 2.16.